The molecule has 1 aliphatic rings. The molecule has 0 spiro atoms. The van der Waals surface area contributed by atoms with Gasteiger partial charge in [-0.3, -0.25) is 4.79 Å². The lowest BCUT2D eigenvalue weighted by Crippen LogP contribution is -2.33. The van der Waals surface area contributed by atoms with Crippen LogP contribution >= 0.6 is 0 Å². The molecule has 92 valence electrons. The Morgan fingerprint density at radius 2 is 1.94 bits per heavy atom. The number of H-pyrrole nitrogens is 1. The molecule has 0 bridgehead atoms. The number of aromatic nitrogens is 2. The Kier molecular flexibility index (Phi) is 3.44. The lowest BCUT2D eigenvalue weighted by molar-refractivity contribution is 0.759. The minimum Gasteiger partial charge on any atom is -0.345 e. The maximum Gasteiger partial charge on any atom is 0.276 e. The molecular weight excluding hydrogens is 232 g/mol. The fraction of sp³-hybridized carbons (Fsp3) is 0.455. The molecule has 0 atom stereocenters. The first-order valence-corrected chi connectivity index (χ1v) is 5.59. The molecule has 0 saturated heterocycles. The van der Waals surface area contributed by atoms with Crippen molar-refractivity contribution in [3.63, 3.8) is 0 Å². The van der Waals surface area contributed by atoms with Gasteiger partial charge in [0.15, 0.2) is 5.82 Å². The summed E-state index contributed by atoms with van der Waals surface area (Å²) < 4.78 is 0. The molecule has 0 saturated carbocycles. The number of fused-ring (bicyclic) bond motifs is 1. The van der Waals surface area contributed by atoms with E-state index in [0.717, 1.165) is 0 Å². The highest BCUT2D eigenvalue weighted by atomic mass is 16.1. The summed E-state index contributed by atoms with van der Waals surface area (Å²) in [5.41, 5.74) is 0.281. The topological polar surface area (TPSA) is 99.8 Å². The van der Waals surface area contributed by atoms with Gasteiger partial charge in [-0.05, 0) is 0 Å². The quantitative estimate of drug-likeness (QED) is 0.811. The van der Waals surface area contributed by atoms with E-state index in [2.05, 4.69) is 22.1 Å². The third-order valence-corrected chi connectivity index (χ3v) is 2.75. The Hall–Kier alpha value is -2.54. The Balaban J connectivity index is 2.28. The summed E-state index contributed by atoms with van der Waals surface area (Å²) in [6.45, 7) is 1.52. The van der Waals surface area contributed by atoms with Crippen molar-refractivity contribution in [2.24, 2.45) is 0 Å². The van der Waals surface area contributed by atoms with E-state index in [0.29, 0.717) is 44.1 Å². The molecule has 1 aliphatic heterocycles. The summed E-state index contributed by atoms with van der Waals surface area (Å²) in [5, 5.41) is 17.2. The largest absolute Gasteiger partial charge is 0.345 e. The monoisotopic (exact) mass is 244 g/mol. The molecule has 7 heteroatoms. The SMILES string of the molecule is N#CCCN1CN(CCC#N)c2c1nc[nH]c2=O. The zero-order chi connectivity index (χ0) is 13.0. The Bertz CT molecular complexity index is 566. The van der Waals surface area contributed by atoms with Crippen LogP contribution in [0, 0.1) is 22.7 Å². The molecule has 2 rings (SSSR count). The number of rotatable bonds is 4. The van der Waals surface area contributed by atoms with Gasteiger partial charge in [0.1, 0.15) is 5.69 Å². The van der Waals surface area contributed by atoms with Gasteiger partial charge in [0.25, 0.3) is 5.56 Å². The number of nitriles is 2. The van der Waals surface area contributed by atoms with Gasteiger partial charge in [0.05, 0.1) is 38.0 Å². The molecule has 0 aromatic carbocycles. The normalized spacial score (nSPS) is 13.0. The van der Waals surface area contributed by atoms with E-state index in [1.165, 1.54) is 6.33 Å². The van der Waals surface area contributed by atoms with Gasteiger partial charge in [-0.25, -0.2) is 4.98 Å². The van der Waals surface area contributed by atoms with E-state index < -0.39 is 0 Å². The maximum absolute atomic E-state index is 11.8. The molecular formula is C11H12N6O. The second-order valence-corrected chi connectivity index (χ2v) is 3.89. The van der Waals surface area contributed by atoms with Gasteiger partial charge < -0.3 is 14.8 Å². The summed E-state index contributed by atoms with van der Waals surface area (Å²) in [7, 11) is 0. The summed E-state index contributed by atoms with van der Waals surface area (Å²) in [4.78, 5) is 22.2. The Morgan fingerprint density at radius 3 is 2.61 bits per heavy atom. The third-order valence-electron chi connectivity index (χ3n) is 2.75. The van der Waals surface area contributed by atoms with Crippen molar-refractivity contribution in [1.82, 2.24) is 9.97 Å². The number of nitrogens with one attached hydrogen (secondary N) is 1. The van der Waals surface area contributed by atoms with Crippen LogP contribution in [0.1, 0.15) is 12.8 Å². The van der Waals surface area contributed by atoms with Crippen LogP contribution in [0.15, 0.2) is 11.1 Å². The first-order chi connectivity index (χ1) is 8.77. The van der Waals surface area contributed by atoms with Gasteiger partial charge in [0.2, 0.25) is 0 Å². The number of hydrogen-bond acceptors (Lipinski definition) is 6. The van der Waals surface area contributed by atoms with Crippen molar-refractivity contribution >= 4 is 11.5 Å². The lowest BCUT2D eigenvalue weighted by Gasteiger charge is -2.18. The summed E-state index contributed by atoms with van der Waals surface area (Å²) in [6.07, 6.45) is 2.08. The molecule has 1 aromatic rings. The van der Waals surface area contributed by atoms with Gasteiger partial charge in [-0.2, -0.15) is 10.5 Å². The van der Waals surface area contributed by atoms with E-state index in [4.69, 9.17) is 10.5 Å². The molecule has 0 fully saturated rings. The van der Waals surface area contributed by atoms with Crippen LogP contribution in [0.3, 0.4) is 0 Å². The number of aromatic amines is 1. The van der Waals surface area contributed by atoms with Crippen molar-refractivity contribution in [2.75, 3.05) is 29.6 Å². The van der Waals surface area contributed by atoms with Crippen molar-refractivity contribution in [2.45, 2.75) is 12.8 Å². The van der Waals surface area contributed by atoms with E-state index in [-0.39, 0.29) is 5.56 Å². The third kappa shape index (κ3) is 2.11. The maximum atomic E-state index is 11.8. The summed E-state index contributed by atoms with van der Waals surface area (Å²) in [6, 6.07) is 4.13. The van der Waals surface area contributed by atoms with Crippen LogP contribution in [0.5, 0.6) is 0 Å². The highest BCUT2D eigenvalue weighted by molar-refractivity contribution is 5.71. The molecule has 2 heterocycles. The van der Waals surface area contributed by atoms with Crippen LogP contribution in [0.25, 0.3) is 0 Å². The highest BCUT2D eigenvalue weighted by Gasteiger charge is 2.29. The van der Waals surface area contributed by atoms with Crippen LogP contribution in [-0.2, 0) is 0 Å². The smallest absolute Gasteiger partial charge is 0.276 e. The average Bonchev–Trinajstić information content (AvgIpc) is 2.73. The molecule has 18 heavy (non-hydrogen) atoms. The van der Waals surface area contributed by atoms with E-state index in [1.54, 1.807) is 0 Å². The predicted octanol–water partition coefficient (Wildman–Crippen LogP) is 0.181. The molecule has 0 radical (unpaired) electrons. The zero-order valence-corrected chi connectivity index (χ0v) is 9.76. The fourth-order valence-electron chi connectivity index (χ4n) is 1.97. The molecule has 1 N–H and O–H groups in total. The molecule has 0 amide bonds. The van der Waals surface area contributed by atoms with E-state index in [9.17, 15) is 4.79 Å². The molecule has 0 unspecified atom stereocenters. The second-order valence-electron chi connectivity index (χ2n) is 3.89. The Morgan fingerprint density at radius 1 is 1.28 bits per heavy atom. The number of hydrogen-bond donors (Lipinski definition) is 1. The van der Waals surface area contributed by atoms with Gasteiger partial charge >= 0.3 is 0 Å². The Labute approximate surface area is 104 Å². The van der Waals surface area contributed by atoms with Gasteiger partial charge in [-0.1, -0.05) is 0 Å². The van der Waals surface area contributed by atoms with Crippen LogP contribution in [0.2, 0.25) is 0 Å². The van der Waals surface area contributed by atoms with Crippen molar-refractivity contribution < 1.29 is 0 Å². The van der Waals surface area contributed by atoms with Crippen LogP contribution in [-0.4, -0.2) is 29.7 Å². The van der Waals surface area contributed by atoms with Gasteiger partial charge in [0, 0.05) is 13.1 Å². The molecule has 1 aromatic heterocycles. The van der Waals surface area contributed by atoms with Crippen LogP contribution < -0.4 is 15.4 Å². The van der Waals surface area contributed by atoms with Crippen molar-refractivity contribution in [3.8, 4) is 12.1 Å². The first kappa shape index (κ1) is 11.9. The highest BCUT2D eigenvalue weighted by Crippen LogP contribution is 2.29. The standard InChI is InChI=1S/C11H12N6O/c12-3-1-5-16-8-17(6-2-4-13)10-9(16)11(18)15-7-14-10/h7H,1-2,5-6,8H2,(H,14,15,18). The number of anilines is 2. The predicted molar refractivity (Wildman–Crippen MR) is 64.9 cm³/mol. The molecule has 0 aliphatic carbocycles. The van der Waals surface area contributed by atoms with E-state index in [1.807, 2.05) is 9.80 Å². The first-order valence-electron chi connectivity index (χ1n) is 5.59. The zero-order valence-electron chi connectivity index (χ0n) is 9.76. The van der Waals surface area contributed by atoms with Gasteiger partial charge in [-0.15, -0.1) is 0 Å². The average molecular weight is 244 g/mol. The van der Waals surface area contributed by atoms with E-state index >= 15 is 0 Å². The summed E-state index contributed by atoms with van der Waals surface area (Å²) >= 11 is 0. The minimum absolute atomic E-state index is 0.211. The lowest BCUT2D eigenvalue weighted by atomic mass is 10.4. The molecule has 7 nitrogen and oxygen atoms in total. The fourth-order valence-corrected chi connectivity index (χ4v) is 1.97. The van der Waals surface area contributed by atoms with Crippen LogP contribution in [0.4, 0.5) is 11.5 Å². The second kappa shape index (κ2) is 5.19. The summed E-state index contributed by atoms with van der Waals surface area (Å²) in [5.74, 6) is 0.590. The van der Waals surface area contributed by atoms with Crippen molar-refractivity contribution in [3.05, 3.63) is 16.7 Å². The number of nitrogens with zero attached hydrogens (tertiary/aromatic N) is 5. The minimum atomic E-state index is -0.211. The van der Waals surface area contributed by atoms with Crippen molar-refractivity contribution in [1.29, 1.82) is 10.5 Å².